The maximum atomic E-state index is 11.1. The molecule has 0 radical (unpaired) electrons. The molecule has 0 aliphatic rings. The van der Waals surface area contributed by atoms with Crippen LogP contribution in [0.15, 0.2) is 0 Å². The van der Waals surface area contributed by atoms with Gasteiger partial charge in [-0.15, -0.1) is 0 Å². The number of Topliss-reactive ketones (excluding diaryl/α,β-unsaturated/α-hetero) is 1. The number of esters is 1. The molecule has 6 heteroatoms. The minimum Gasteiger partial charge on any atom is -0.481 e. The van der Waals surface area contributed by atoms with Crippen molar-refractivity contribution in [2.45, 2.75) is 38.5 Å². The second kappa shape index (κ2) is 9.77. The van der Waals surface area contributed by atoms with Gasteiger partial charge in [-0.1, -0.05) is 0 Å². The van der Waals surface area contributed by atoms with E-state index in [1.165, 1.54) is 0 Å². The first-order chi connectivity index (χ1) is 8.06. The van der Waals surface area contributed by atoms with Crippen molar-refractivity contribution in [3.8, 4) is 0 Å². The molecular weight excluding hydrogens is 226 g/mol. The predicted octanol–water partition coefficient (Wildman–Crippen LogP) is -0.234. The molecule has 0 bridgehead atoms. The van der Waals surface area contributed by atoms with E-state index >= 15 is 0 Å². The van der Waals surface area contributed by atoms with Gasteiger partial charge in [-0.2, -0.15) is 0 Å². The van der Waals surface area contributed by atoms with Crippen LogP contribution in [0, 0.1) is 0 Å². The summed E-state index contributed by atoms with van der Waals surface area (Å²) in [4.78, 5) is 32.2. The minimum absolute atomic E-state index is 0.0524. The van der Waals surface area contributed by atoms with Crippen LogP contribution in [0.3, 0.4) is 0 Å². The van der Waals surface area contributed by atoms with Crippen LogP contribution in [0.4, 0.5) is 0 Å². The standard InChI is InChI=1S/C11H19NO5/c12-8-9(13)5-6-11(16)17-7-3-1-2-4-10(14)15/h1-8,12H2,(H,14,15)/p+1. The van der Waals surface area contributed by atoms with E-state index in [2.05, 4.69) is 5.73 Å². The van der Waals surface area contributed by atoms with Gasteiger partial charge in [-0.05, 0) is 19.3 Å². The van der Waals surface area contributed by atoms with Gasteiger partial charge in [0.2, 0.25) is 0 Å². The van der Waals surface area contributed by atoms with Gasteiger partial charge in [0, 0.05) is 12.8 Å². The van der Waals surface area contributed by atoms with Crippen LogP contribution >= 0.6 is 0 Å². The molecule has 0 amide bonds. The number of ether oxygens (including phenoxy) is 1. The Morgan fingerprint density at radius 2 is 1.71 bits per heavy atom. The average molecular weight is 246 g/mol. The fraction of sp³-hybridized carbons (Fsp3) is 0.727. The third kappa shape index (κ3) is 10.8. The summed E-state index contributed by atoms with van der Waals surface area (Å²) in [5.74, 6) is -1.25. The minimum atomic E-state index is -0.811. The molecule has 0 atom stereocenters. The number of carboxylic acid groups (broad SMARTS) is 1. The fourth-order valence-electron chi connectivity index (χ4n) is 1.18. The van der Waals surface area contributed by atoms with Crippen molar-refractivity contribution in [2.75, 3.05) is 13.2 Å². The summed E-state index contributed by atoms with van der Waals surface area (Å²) in [7, 11) is 0. The van der Waals surface area contributed by atoms with Gasteiger partial charge in [0.1, 0.15) is 6.54 Å². The monoisotopic (exact) mass is 246 g/mol. The molecule has 0 aromatic rings. The van der Waals surface area contributed by atoms with Crippen LogP contribution in [0.25, 0.3) is 0 Å². The highest BCUT2D eigenvalue weighted by Crippen LogP contribution is 2.01. The Balaban J connectivity index is 3.33. The highest BCUT2D eigenvalue weighted by Gasteiger charge is 2.07. The SMILES string of the molecule is [NH3+]CC(=O)CCC(=O)OCCCCCC(=O)O. The van der Waals surface area contributed by atoms with Crippen LogP contribution in [-0.2, 0) is 19.1 Å². The molecule has 0 aromatic heterocycles. The van der Waals surface area contributed by atoms with Gasteiger partial charge in [0.25, 0.3) is 0 Å². The van der Waals surface area contributed by atoms with E-state index in [-0.39, 0.29) is 44.2 Å². The molecule has 0 rings (SSSR count). The molecule has 17 heavy (non-hydrogen) atoms. The maximum absolute atomic E-state index is 11.1. The van der Waals surface area contributed by atoms with E-state index in [1.807, 2.05) is 0 Å². The summed E-state index contributed by atoms with van der Waals surface area (Å²) in [6.45, 7) is 0.486. The highest BCUT2D eigenvalue weighted by atomic mass is 16.5. The second-order valence-electron chi connectivity index (χ2n) is 3.71. The number of hydrogen-bond acceptors (Lipinski definition) is 4. The Morgan fingerprint density at radius 3 is 2.29 bits per heavy atom. The number of rotatable bonds is 10. The van der Waals surface area contributed by atoms with E-state index in [0.717, 1.165) is 6.42 Å². The summed E-state index contributed by atoms with van der Waals surface area (Å²) in [5.41, 5.74) is 3.42. The van der Waals surface area contributed by atoms with E-state index in [0.29, 0.717) is 12.8 Å². The Bertz CT molecular complexity index is 265. The zero-order chi connectivity index (χ0) is 13.1. The average Bonchev–Trinajstić information content (AvgIpc) is 2.30. The van der Waals surface area contributed by atoms with E-state index < -0.39 is 5.97 Å². The lowest BCUT2D eigenvalue weighted by molar-refractivity contribution is -0.354. The van der Waals surface area contributed by atoms with Gasteiger partial charge >= 0.3 is 11.9 Å². The lowest BCUT2D eigenvalue weighted by Crippen LogP contribution is -2.54. The van der Waals surface area contributed by atoms with Crippen molar-refractivity contribution in [2.24, 2.45) is 0 Å². The molecule has 0 heterocycles. The third-order valence-electron chi connectivity index (χ3n) is 2.18. The first-order valence-corrected chi connectivity index (χ1v) is 5.74. The van der Waals surface area contributed by atoms with E-state index in [4.69, 9.17) is 9.84 Å². The van der Waals surface area contributed by atoms with Gasteiger partial charge in [-0.25, -0.2) is 0 Å². The van der Waals surface area contributed by atoms with Crippen LogP contribution in [0.5, 0.6) is 0 Å². The fourth-order valence-corrected chi connectivity index (χ4v) is 1.18. The van der Waals surface area contributed by atoms with Crippen molar-refractivity contribution in [3.05, 3.63) is 0 Å². The molecule has 0 saturated heterocycles. The Morgan fingerprint density at radius 1 is 1.00 bits per heavy atom. The van der Waals surface area contributed by atoms with Crippen molar-refractivity contribution < 1.29 is 30.0 Å². The predicted molar refractivity (Wildman–Crippen MR) is 59.1 cm³/mol. The molecule has 6 nitrogen and oxygen atoms in total. The molecule has 0 aliphatic carbocycles. The van der Waals surface area contributed by atoms with Crippen molar-refractivity contribution >= 4 is 17.7 Å². The van der Waals surface area contributed by atoms with Crippen LogP contribution in [-0.4, -0.2) is 36.0 Å². The summed E-state index contributed by atoms with van der Waals surface area (Å²) in [5, 5.41) is 8.38. The Labute approximate surface area is 100 Å². The van der Waals surface area contributed by atoms with E-state index in [1.54, 1.807) is 0 Å². The van der Waals surface area contributed by atoms with Crippen molar-refractivity contribution in [1.82, 2.24) is 0 Å². The van der Waals surface area contributed by atoms with Gasteiger partial charge in [0.05, 0.1) is 13.0 Å². The Kier molecular flexibility index (Phi) is 8.95. The molecule has 0 aliphatic heterocycles. The smallest absolute Gasteiger partial charge is 0.306 e. The molecule has 0 aromatic carbocycles. The number of hydrogen-bond donors (Lipinski definition) is 2. The molecule has 0 unspecified atom stereocenters. The van der Waals surface area contributed by atoms with Crippen molar-refractivity contribution in [3.63, 3.8) is 0 Å². The summed E-state index contributed by atoms with van der Waals surface area (Å²) < 4.78 is 4.88. The number of unbranched alkanes of at least 4 members (excludes halogenated alkanes) is 2. The Hall–Kier alpha value is -1.43. The van der Waals surface area contributed by atoms with E-state index in [9.17, 15) is 14.4 Å². The second-order valence-corrected chi connectivity index (χ2v) is 3.71. The zero-order valence-electron chi connectivity index (χ0n) is 9.94. The van der Waals surface area contributed by atoms with Crippen LogP contribution in [0.2, 0.25) is 0 Å². The van der Waals surface area contributed by atoms with Crippen molar-refractivity contribution in [1.29, 1.82) is 0 Å². The maximum Gasteiger partial charge on any atom is 0.306 e. The zero-order valence-corrected chi connectivity index (χ0v) is 9.94. The van der Waals surface area contributed by atoms with Gasteiger partial charge in [0.15, 0.2) is 5.78 Å². The lowest BCUT2D eigenvalue weighted by Gasteiger charge is -2.03. The highest BCUT2D eigenvalue weighted by molar-refractivity contribution is 5.83. The van der Waals surface area contributed by atoms with Crippen LogP contribution < -0.4 is 5.73 Å². The number of carbonyl (C=O) groups is 3. The van der Waals surface area contributed by atoms with Crippen LogP contribution in [0.1, 0.15) is 38.5 Å². The number of ketones is 1. The molecule has 4 N–H and O–H groups in total. The number of carboxylic acids is 1. The summed E-state index contributed by atoms with van der Waals surface area (Å²) in [6, 6.07) is 0. The third-order valence-corrected chi connectivity index (χ3v) is 2.18. The molecule has 0 fully saturated rings. The number of quaternary nitrogens is 1. The van der Waals surface area contributed by atoms with Gasteiger partial charge in [-0.3, -0.25) is 14.4 Å². The lowest BCUT2D eigenvalue weighted by atomic mass is 10.2. The molecule has 98 valence electrons. The quantitative estimate of drug-likeness (QED) is 0.408. The largest absolute Gasteiger partial charge is 0.481 e. The first kappa shape index (κ1) is 15.6. The van der Waals surface area contributed by atoms with Gasteiger partial charge < -0.3 is 15.6 Å². The normalized spacial score (nSPS) is 9.94. The molecule has 0 spiro atoms. The summed E-state index contributed by atoms with van der Waals surface area (Å²) in [6.07, 6.45) is 2.39. The molecule has 0 saturated carbocycles. The summed E-state index contributed by atoms with van der Waals surface area (Å²) >= 11 is 0. The molecular formula is C11H20NO5+. The topological polar surface area (TPSA) is 108 Å². The number of aliphatic carboxylic acids is 1. The first-order valence-electron chi connectivity index (χ1n) is 5.74. The number of carbonyl (C=O) groups excluding carboxylic acids is 2.